The molecule has 3 nitrogen and oxygen atoms in total. The summed E-state index contributed by atoms with van der Waals surface area (Å²) < 4.78 is 0. The van der Waals surface area contributed by atoms with Crippen LogP contribution in [0.2, 0.25) is 0 Å². The zero-order chi connectivity index (χ0) is 25.8. The number of Topliss-reactive ketones (excluding diaryl/α,β-unsaturated/α-hetero) is 2. The third-order valence-electron chi connectivity index (χ3n) is 7.64. The predicted molar refractivity (Wildman–Crippen MR) is 158 cm³/mol. The van der Waals surface area contributed by atoms with E-state index in [1.165, 1.54) is 51.4 Å². The van der Waals surface area contributed by atoms with Gasteiger partial charge in [-0.05, 0) is 50.2 Å². The molecule has 1 fully saturated rings. The molecule has 1 aliphatic carbocycles. The van der Waals surface area contributed by atoms with Crippen molar-refractivity contribution >= 4 is 34.0 Å². The molecule has 1 heterocycles. The van der Waals surface area contributed by atoms with Gasteiger partial charge in [-0.15, -0.1) is 11.7 Å². The number of ketones is 2. The normalized spacial score (nSPS) is 17.4. The first-order chi connectivity index (χ1) is 17.7. The zero-order valence-electron chi connectivity index (χ0n) is 22.7. The fourth-order valence-electron chi connectivity index (χ4n) is 5.47. The number of unbranched alkanes of at least 4 members (excludes halogenated alkanes) is 9. The maximum Gasteiger partial charge on any atom is 0.148 e. The monoisotopic (exact) mass is 532 g/mol. The Bertz CT molecular complexity index is 692. The average Bonchev–Trinajstić information content (AvgIpc) is 2.97. The van der Waals surface area contributed by atoms with Gasteiger partial charge in [0, 0.05) is 19.0 Å². The van der Waals surface area contributed by atoms with Gasteiger partial charge in [-0.25, -0.2) is 0 Å². The third kappa shape index (κ3) is 12.6. The molecule has 0 aliphatic heterocycles. The smallest absolute Gasteiger partial charge is 0.148 e. The first kappa shape index (κ1) is 31.4. The average molecular weight is 533 g/mol. The Morgan fingerprint density at radius 2 is 1.33 bits per heavy atom. The molecule has 0 aromatic carbocycles. The van der Waals surface area contributed by atoms with Crippen molar-refractivity contribution < 1.29 is 9.59 Å². The molecule has 1 saturated carbocycles. The number of rotatable bonds is 18. The summed E-state index contributed by atoms with van der Waals surface area (Å²) >= 11 is 4.45. The van der Waals surface area contributed by atoms with Crippen LogP contribution in [0.4, 0.5) is 0 Å². The van der Waals surface area contributed by atoms with Gasteiger partial charge in [-0.3, -0.25) is 14.6 Å². The highest BCUT2D eigenvalue weighted by molar-refractivity contribution is 8.68. The molecular formula is C31H50NO2S2. The molecule has 2 atom stereocenters. The van der Waals surface area contributed by atoms with Gasteiger partial charge in [0.25, 0.3) is 0 Å². The van der Waals surface area contributed by atoms with Gasteiger partial charge in [0.15, 0.2) is 0 Å². The van der Waals surface area contributed by atoms with E-state index in [9.17, 15) is 9.59 Å². The highest BCUT2D eigenvalue weighted by Gasteiger charge is 2.34. The van der Waals surface area contributed by atoms with E-state index in [0.717, 1.165) is 69.9 Å². The first-order valence-electron chi connectivity index (χ1n) is 14.8. The molecule has 0 saturated heterocycles. The van der Waals surface area contributed by atoms with Gasteiger partial charge >= 0.3 is 0 Å². The lowest BCUT2D eigenvalue weighted by Crippen LogP contribution is -2.29. The van der Waals surface area contributed by atoms with Crippen molar-refractivity contribution in [2.75, 3.05) is 0 Å². The molecule has 0 N–H and O–H groups in total. The minimum atomic E-state index is 0.169. The second-order valence-corrected chi connectivity index (χ2v) is 12.0. The summed E-state index contributed by atoms with van der Waals surface area (Å²) in [5, 5.41) is 0.395. The minimum Gasteiger partial charge on any atom is -0.299 e. The molecule has 2 unspecified atom stereocenters. The Labute approximate surface area is 230 Å². The quantitative estimate of drug-likeness (QED) is 0.116. The van der Waals surface area contributed by atoms with Gasteiger partial charge in [0.05, 0.1) is 10.9 Å². The van der Waals surface area contributed by atoms with Crippen LogP contribution in [0.25, 0.3) is 0 Å². The maximum atomic E-state index is 12.9. The Hall–Kier alpha value is -0.810. The van der Waals surface area contributed by atoms with Crippen LogP contribution in [0.3, 0.4) is 0 Å². The second-order valence-electron chi connectivity index (χ2n) is 10.6. The standard InChI is InChI=1S/C31H50NO2S2/c1-2-3-19-26(31-28(33)22-14-11-12-15-23-29(31)34)20-13-9-7-5-4-6-8-10-16-24-30(36-35)27-21-17-18-25-32-27/h17-18,21,25-26,30,35H,2-16,19-20,22-24H2,1H3. The zero-order valence-corrected chi connectivity index (χ0v) is 24.4. The van der Waals surface area contributed by atoms with Crippen LogP contribution in [0.15, 0.2) is 24.4 Å². The molecule has 0 spiro atoms. The summed E-state index contributed by atoms with van der Waals surface area (Å²) in [5.74, 6) is 1.24. The van der Waals surface area contributed by atoms with Crippen LogP contribution in [0.1, 0.15) is 146 Å². The summed E-state index contributed by atoms with van der Waals surface area (Å²) in [5.41, 5.74) is 1.15. The van der Waals surface area contributed by atoms with Crippen molar-refractivity contribution in [3.8, 4) is 0 Å². The van der Waals surface area contributed by atoms with E-state index in [1.807, 2.05) is 12.3 Å². The Morgan fingerprint density at radius 3 is 1.86 bits per heavy atom. The van der Waals surface area contributed by atoms with Crippen LogP contribution in [-0.2, 0) is 9.59 Å². The lowest BCUT2D eigenvalue weighted by atomic mass is 9.77. The molecule has 0 amide bonds. The van der Waals surface area contributed by atoms with Crippen LogP contribution in [0.5, 0.6) is 0 Å². The van der Waals surface area contributed by atoms with Gasteiger partial charge in [0.1, 0.15) is 17.5 Å². The summed E-state index contributed by atoms with van der Waals surface area (Å²) in [4.78, 5) is 30.2. The number of aromatic nitrogens is 1. The van der Waals surface area contributed by atoms with Gasteiger partial charge in [-0.1, -0.05) is 107 Å². The minimum absolute atomic E-state index is 0.169. The largest absolute Gasteiger partial charge is 0.299 e. The van der Waals surface area contributed by atoms with E-state index in [1.54, 1.807) is 10.8 Å². The van der Waals surface area contributed by atoms with Crippen molar-refractivity contribution in [1.29, 1.82) is 0 Å². The second kappa shape index (κ2) is 20.2. The summed E-state index contributed by atoms with van der Waals surface area (Å²) in [6, 6.07) is 6.13. The molecule has 2 rings (SSSR count). The van der Waals surface area contributed by atoms with Gasteiger partial charge in [-0.2, -0.15) is 0 Å². The Balaban J connectivity index is 1.58. The van der Waals surface area contributed by atoms with Crippen molar-refractivity contribution in [3.63, 3.8) is 0 Å². The molecule has 36 heavy (non-hydrogen) atoms. The summed E-state index contributed by atoms with van der Waals surface area (Å²) in [6.07, 6.45) is 24.0. The van der Waals surface area contributed by atoms with Crippen molar-refractivity contribution in [2.24, 2.45) is 5.92 Å². The van der Waals surface area contributed by atoms with Crippen LogP contribution in [0, 0.1) is 11.8 Å². The summed E-state index contributed by atoms with van der Waals surface area (Å²) in [6.45, 7) is 2.20. The number of hydrogen-bond acceptors (Lipinski definition) is 5. The number of thiol groups is 1. The molecule has 5 heteroatoms. The summed E-state index contributed by atoms with van der Waals surface area (Å²) in [7, 11) is 1.61. The number of pyridine rings is 1. The fraction of sp³-hybridized carbons (Fsp3) is 0.742. The van der Waals surface area contributed by atoms with E-state index >= 15 is 0 Å². The van der Waals surface area contributed by atoms with Gasteiger partial charge in [0.2, 0.25) is 0 Å². The maximum absolute atomic E-state index is 12.9. The van der Waals surface area contributed by atoms with Crippen LogP contribution in [-0.4, -0.2) is 16.6 Å². The molecule has 203 valence electrons. The molecule has 1 aliphatic rings. The Kier molecular flexibility index (Phi) is 17.6. The fourth-order valence-corrected chi connectivity index (χ4v) is 6.63. The van der Waals surface area contributed by atoms with Crippen molar-refractivity contribution in [3.05, 3.63) is 36.0 Å². The van der Waals surface area contributed by atoms with E-state index in [0.29, 0.717) is 24.0 Å². The molecule has 1 aromatic heterocycles. The number of hydrogen-bond donors (Lipinski definition) is 1. The molecular weight excluding hydrogens is 482 g/mol. The molecule has 0 bridgehead atoms. The highest BCUT2D eigenvalue weighted by atomic mass is 33.1. The Morgan fingerprint density at radius 1 is 0.778 bits per heavy atom. The number of carbonyl (C=O) groups excluding carboxylic acids is 2. The van der Waals surface area contributed by atoms with Crippen LogP contribution >= 0.6 is 22.5 Å². The van der Waals surface area contributed by atoms with E-state index < -0.39 is 0 Å². The van der Waals surface area contributed by atoms with Crippen molar-refractivity contribution in [1.82, 2.24) is 4.98 Å². The third-order valence-corrected chi connectivity index (χ3v) is 9.13. The molecule has 1 aromatic rings. The predicted octanol–water partition coefficient (Wildman–Crippen LogP) is 9.87. The van der Waals surface area contributed by atoms with Crippen molar-refractivity contribution in [2.45, 2.75) is 141 Å². The topological polar surface area (TPSA) is 47.0 Å². The molecule has 1 radical (unpaired) electrons. The van der Waals surface area contributed by atoms with Crippen LogP contribution < -0.4 is 0 Å². The number of carbonyl (C=O) groups is 2. The van der Waals surface area contributed by atoms with E-state index in [2.05, 4.69) is 35.7 Å². The lowest BCUT2D eigenvalue weighted by Gasteiger charge is -2.24. The SMILES string of the molecule is CCCCC(CCCCCCCCCCCC(SS)c1ccccn1)[C]1C(=O)CCCCCCC1=O. The number of nitrogens with zero attached hydrogens (tertiary/aromatic N) is 1. The first-order valence-corrected chi connectivity index (χ1v) is 16.7. The lowest BCUT2D eigenvalue weighted by molar-refractivity contribution is -0.125. The van der Waals surface area contributed by atoms with Gasteiger partial charge < -0.3 is 0 Å². The highest BCUT2D eigenvalue weighted by Crippen LogP contribution is 2.35. The van der Waals surface area contributed by atoms with E-state index in [4.69, 9.17) is 0 Å². The van der Waals surface area contributed by atoms with E-state index in [-0.39, 0.29) is 17.5 Å².